The number of hydrogen-bond acceptors (Lipinski definition) is 3. The van der Waals surface area contributed by atoms with Gasteiger partial charge in [-0.2, -0.15) is 0 Å². The van der Waals surface area contributed by atoms with Gasteiger partial charge in [0.2, 0.25) is 0 Å². The van der Waals surface area contributed by atoms with Crippen LogP contribution in [0.1, 0.15) is 23.0 Å². The van der Waals surface area contributed by atoms with Gasteiger partial charge < -0.3 is 15.0 Å². The first-order valence-electron chi connectivity index (χ1n) is 5.80. The Hall–Kier alpha value is -1.81. The average Bonchev–Trinajstić information content (AvgIpc) is 2.99. The minimum Gasteiger partial charge on any atom is -0.493 e. The highest BCUT2D eigenvalue weighted by Crippen LogP contribution is 2.29. The Labute approximate surface area is 100 Å². The summed E-state index contributed by atoms with van der Waals surface area (Å²) in [6.07, 6.45) is 4.62. The molecule has 0 bridgehead atoms. The number of aromatic nitrogens is 2. The molecule has 1 aliphatic heterocycles. The zero-order valence-corrected chi connectivity index (χ0v) is 9.73. The second kappa shape index (κ2) is 4.22. The van der Waals surface area contributed by atoms with Crippen molar-refractivity contribution in [2.45, 2.75) is 12.5 Å². The SMILES string of the molecule is CNC(c1ccc2c(c1)CCO2)c1ncc[nH]1. The fraction of sp³-hybridized carbons (Fsp3) is 0.308. The van der Waals surface area contributed by atoms with Crippen LogP contribution >= 0.6 is 0 Å². The number of hydrogen-bond donors (Lipinski definition) is 2. The molecule has 2 aromatic rings. The number of aromatic amines is 1. The van der Waals surface area contributed by atoms with E-state index in [4.69, 9.17) is 4.74 Å². The van der Waals surface area contributed by atoms with Crippen molar-refractivity contribution in [1.82, 2.24) is 15.3 Å². The predicted octanol–water partition coefficient (Wildman–Crippen LogP) is 1.65. The fourth-order valence-corrected chi connectivity index (χ4v) is 2.28. The maximum absolute atomic E-state index is 5.51. The Morgan fingerprint density at radius 3 is 3.18 bits per heavy atom. The number of nitrogens with zero attached hydrogens (tertiary/aromatic N) is 1. The molecule has 4 nitrogen and oxygen atoms in total. The lowest BCUT2D eigenvalue weighted by atomic mass is 10.0. The topological polar surface area (TPSA) is 49.9 Å². The van der Waals surface area contributed by atoms with Gasteiger partial charge in [0, 0.05) is 18.8 Å². The van der Waals surface area contributed by atoms with Gasteiger partial charge in [0.1, 0.15) is 11.6 Å². The van der Waals surface area contributed by atoms with Gasteiger partial charge in [-0.1, -0.05) is 6.07 Å². The van der Waals surface area contributed by atoms with Crippen molar-refractivity contribution >= 4 is 0 Å². The Morgan fingerprint density at radius 1 is 1.47 bits per heavy atom. The highest BCUT2D eigenvalue weighted by molar-refractivity contribution is 5.41. The molecule has 17 heavy (non-hydrogen) atoms. The van der Waals surface area contributed by atoms with E-state index >= 15 is 0 Å². The van der Waals surface area contributed by atoms with Crippen LogP contribution in [0.3, 0.4) is 0 Å². The molecular formula is C13H15N3O. The summed E-state index contributed by atoms with van der Waals surface area (Å²) in [6, 6.07) is 6.45. The highest BCUT2D eigenvalue weighted by Gasteiger charge is 2.18. The highest BCUT2D eigenvalue weighted by atomic mass is 16.5. The van der Waals surface area contributed by atoms with Crippen molar-refractivity contribution in [2.24, 2.45) is 0 Å². The van der Waals surface area contributed by atoms with Crippen molar-refractivity contribution in [3.05, 3.63) is 47.5 Å². The van der Waals surface area contributed by atoms with Gasteiger partial charge in [-0.3, -0.25) is 0 Å². The molecule has 0 radical (unpaired) electrons. The molecule has 88 valence electrons. The van der Waals surface area contributed by atoms with E-state index in [9.17, 15) is 0 Å². The second-order valence-electron chi connectivity index (χ2n) is 4.16. The summed E-state index contributed by atoms with van der Waals surface area (Å²) in [5, 5.41) is 3.28. The number of fused-ring (bicyclic) bond motifs is 1. The average molecular weight is 229 g/mol. The number of imidazole rings is 1. The van der Waals surface area contributed by atoms with Crippen LogP contribution < -0.4 is 10.1 Å². The summed E-state index contributed by atoms with van der Waals surface area (Å²) >= 11 is 0. The van der Waals surface area contributed by atoms with Crippen LogP contribution in [-0.2, 0) is 6.42 Å². The molecule has 0 saturated heterocycles. The molecule has 1 atom stereocenters. The van der Waals surface area contributed by atoms with Crippen LogP contribution in [0.25, 0.3) is 0 Å². The number of H-pyrrole nitrogens is 1. The zero-order valence-electron chi connectivity index (χ0n) is 9.73. The van der Waals surface area contributed by atoms with Gasteiger partial charge in [-0.05, 0) is 30.3 Å². The molecule has 0 saturated carbocycles. The third-order valence-electron chi connectivity index (χ3n) is 3.13. The first-order valence-corrected chi connectivity index (χ1v) is 5.80. The molecule has 1 aliphatic rings. The third kappa shape index (κ3) is 1.80. The van der Waals surface area contributed by atoms with Gasteiger partial charge in [0.05, 0.1) is 12.6 Å². The van der Waals surface area contributed by atoms with Crippen LogP contribution in [-0.4, -0.2) is 23.6 Å². The normalized spacial score (nSPS) is 15.4. The molecular weight excluding hydrogens is 214 g/mol. The van der Waals surface area contributed by atoms with Crippen molar-refractivity contribution in [2.75, 3.05) is 13.7 Å². The third-order valence-corrected chi connectivity index (χ3v) is 3.13. The number of rotatable bonds is 3. The summed E-state index contributed by atoms with van der Waals surface area (Å²) in [5.74, 6) is 1.95. The lowest BCUT2D eigenvalue weighted by Gasteiger charge is -2.15. The molecule has 0 spiro atoms. The van der Waals surface area contributed by atoms with Crippen molar-refractivity contribution in [3.63, 3.8) is 0 Å². The Kier molecular flexibility index (Phi) is 2.57. The summed E-state index contributed by atoms with van der Waals surface area (Å²) < 4.78 is 5.51. The summed E-state index contributed by atoms with van der Waals surface area (Å²) in [7, 11) is 1.94. The molecule has 1 aromatic heterocycles. The fourth-order valence-electron chi connectivity index (χ4n) is 2.28. The van der Waals surface area contributed by atoms with E-state index in [2.05, 4.69) is 27.4 Å². The van der Waals surface area contributed by atoms with Crippen LogP contribution in [0.4, 0.5) is 0 Å². The smallest absolute Gasteiger partial charge is 0.127 e. The number of nitrogens with one attached hydrogen (secondary N) is 2. The van der Waals surface area contributed by atoms with E-state index < -0.39 is 0 Å². The molecule has 0 aliphatic carbocycles. The predicted molar refractivity (Wildman–Crippen MR) is 65.1 cm³/mol. The minimum absolute atomic E-state index is 0.107. The first kappa shape index (κ1) is 10.4. The number of benzene rings is 1. The Balaban J connectivity index is 1.97. The molecule has 1 aromatic carbocycles. The zero-order chi connectivity index (χ0) is 11.7. The molecule has 4 heteroatoms. The Bertz CT molecular complexity index is 507. The van der Waals surface area contributed by atoms with Gasteiger partial charge in [0.25, 0.3) is 0 Å². The summed E-state index contributed by atoms with van der Waals surface area (Å²) in [6.45, 7) is 0.795. The van der Waals surface area contributed by atoms with Crippen molar-refractivity contribution in [1.29, 1.82) is 0 Å². The summed E-state index contributed by atoms with van der Waals surface area (Å²) in [4.78, 5) is 7.46. The molecule has 0 fully saturated rings. The molecule has 2 N–H and O–H groups in total. The van der Waals surface area contributed by atoms with E-state index in [0.29, 0.717) is 0 Å². The van der Waals surface area contributed by atoms with E-state index in [0.717, 1.165) is 24.6 Å². The molecule has 1 unspecified atom stereocenters. The largest absolute Gasteiger partial charge is 0.493 e. The monoisotopic (exact) mass is 229 g/mol. The minimum atomic E-state index is 0.107. The van der Waals surface area contributed by atoms with Crippen LogP contribution in [0.5, 0.6) is 5.75 Å². The standard InChI is InChI=1S/C13H15N3O/c1-14-12(13-15-5-6-16-13)10-2-3-11-9(8-10)4-7-17-11/h2-3,5-6,8,12,14H,4,7H2,1H3,(H,15,16). The quantitative estimate of drug-likeness (QED) is 0.841. The molecule has 0 amide bonds. The second-order valence-corrected chi connectivity index (χ2v) is 4.16. The molecule has 2 heterocycles. The maximum Gasteiger partial charge on any atom is 0.127 e. The van der Waals surface area contributed by atoms with E-state index in [1.807, 2.05) is 19.3 Å². The Morgan fingerprint density at radius 2 is 2.41 bits per heavy atom. The molecule has 3 rings (SSSR count). The van der Waals surface area contributed by atoms with Crippen LogP contribution in [0, 0.1) is 0 Å². The van der Waals surface area contributed by atoms with E-state index in [-0.39, 0.29) is 6.04 Å². The van der Waals surface area contributed by atoms with Gasteiger partial charge in [-0.15, -0.1) is 0 Å². The van der Waals surface area contributed by atoms with Gasteiger partial charge in [-0.25, -0.2) is 4.98 Å². The summed E-state index contributed by atoms with van der Waals surface area (Å²) in [5.41, 5.74) is 2.50. The van der Waals surface area contributed by atoms with Crippen molar-refractivity contribution < 1.29 is 4.74 Å². The van der Waals surface area contributed by atoms with Crippen LogP contribution in [0.15, 0.2) is 30.6 Å². The lowest BCUT2D eigenvalue weighted by Crippen LogP contribution is -2.19. The number of ether oxygens (including phenoxy) is 1. The van der Waals surface area contributed by atoms with Gasteiger partial charge >= 0.3 is 0 Å². The van der Waals surface area contributed by atoms with E-state index in [1.165, 1.54) is 11.1 Å². The first-order chi connectivity index (χ1) is 8.38. The van der Waals surface area contributed by atoms with Crippen LogP contribution in [0.2, 0.25) is 0 Å². The lowest BCUT2D eigenvalue weighted by molar-refractivity contribution is 0.357. The maximum atomic E-state index is 5.51. The van der Waals surface area contributed by atoms with E-state index in [1.54, 1.807) is 6.20 Å². The van der Waals surface area contributed by atoms with Gasteiger partial charge in [0.15, 0.2) is 0 Å². The van der Waals surface area contributed by atoms with Crippen molar-refractivity contribution in [3.8, 4) is 5.75 Å².